The van der Waals surface area contributed by atoms with Gasteiger partial charge in [-0.2, -0.15) is 0 Å². The van der Waals surface area contributed by atoms with Crippen LogP contribution in [0.1, 0.15) is 17.3 Å². The first-order valence-corrected chi connectivity index (χ1v) is 4.92. The maximum absolute atomic E-state index is 11.6. The Morgan fingerprint density at radius 3 is 2.88 bits per heavy atom. The molecule has 0 fully saturated rings. The minimum Gasteiger partial charge on any atom is -0.462 e. The highest BCUT2D eigenvalue weighted by molar-refractivity contribution is 6.02. The van der Waals surface area contributed by atoms with Crippen LogP contribution < -0.4 is 5.63 Å². The number of rotatable bonds is 2. The van der Waals surface area contributed by atoms with Gasteiger partial charge in [-0.25, -0.2) is 9.59 Å². The number of carbonyl (C=O) groups excluding carboxylic acids is 1. The van der Waals surface area contributed by atoms with Crippen LogP contribution in [0.5, 0.6) is 0 Å². The molecule has 0 radical (unpaired) electrons. The predicted octanol–water partition coefficient (Wildman–Crippen LogP) is 1.97. The number of fused-ring (bicyclic) bond motifs is 1. The maximum atomic E-state index is 11.6. The van der Waals surface area contributed by atoms with Gasteiger partial charge in [-0.05, 0) is 13.0 Å². The molecule has 1 aromatic carbocycles. The fourth-order valence-electron chi connectivity index (χ4n) is 1.49. The zero-order valence-corrected chi connectivity index (χ0v) is 8.73. The second kappa shape index (κ2) is 4.18. The summed E-state index contributed by atoms with van der Waals surface area (Å²) in [5.74, 6) is -0.508. The first-order chi connectivity index (χ1) is 7.72. The van der Waals surface area contributed by atoms with E-state index in [1.165, 1.54) is 0 Å². The second-order valence-corrected chi connectivity index (χ2v) is 3.20. The van der Waals surface area contributed by atoms with Gasteiger partial charge in [-0.15, -0.1) is 0 Å². The fraction of sp³-hybridized carbons (Fsp3) is 0.167. The third-order valence-corrected chi connectivity index (χ3v) is 2.15. The molecule has 16 heavy (non-hydrogen) atoms. The molecule has 4 heteroatoms. The number of ether oxygens (including phenoxy) is 1. The van der Waals surface area contributed by atoms with Gasteiger partial charge >= 0.3 is 11.6 Å². The molecule has 2 aromatic rings. The standard InChI is InChI=1S/C12H10O4/c1-2-15-12(14)9-7-11(13)16-10-6-4-3-5-8(9)10/h3-7H,2H2,1H3. The van der Waals surface area contributed by atoms with E-state index in [-0.39, 0.29) is 12.2 Å². The third-order valence-electron chi connectivity index (χ3n) is 2.15. The van der Waals surface area contributed by atoms with Crippen LogP contribution in [0.15, 0.2) is 39.5 Å². The Balaban J connectivity index is 2.68. The number of para-hydroxylation sites is 1. The van der Waals surface area contributed by atoms with E-state index in [2.05, 4.69) is 0 Å². The quantitative estimate of drug-likeness (QED) is 0.571. The summed E-state index contributed by atoms with van der Waals surface area (Å²) in [5.41, 5.74) is 0.0773. The average Bonchev–Trinajstić information content (AvgIpc) is 2.28. The molecule has 0 aliphatic rings. The van der Waals surface area contributed by atoms with Crippen molar-refractivity contribution in [3.63, 3.8) is 0 Å². The number of hydrogen-bond donors (Lipinski definition) is 0. The molecule has 0 amide bonds. The molecule has 0 atom stereocenters. The molecule has 0 unspecified atom stereocenters. The van der Waals surface area contributed by atoms with E-state index in [1.807, 2.05) is 0 Å². The number of hydrogen-bond acceptors (Lipinski definition) is 4. The lowest BCUT2D eigenvalue weighted by atomic mass is 10.1. The van der Waals surface area contributed by atoms with Crippen LogP contribution in [0.2, 0.25) is 0 Å². The fourth-order valence-corrected chi connectivity index (χ4v) is 1.49. The summed E-state index contributed by atoms with van der Waals surface area (Å²) < 4.78 is 9.84. The van der Waals surface area contributed by atoms with Crippen LogP contribution in [0, 0.1) is 0 Å². The molecule has 0 N–H and O–H groups in total. The third kappa shape index (κ3) is 1.82. The summed E-state index contributed by atoms with van der Waals surface area (Å²) in [4.78, 5) is 22.8. The van der Waals surface area contributed by atoms with Gasteiger partial charge in [0, 0.05) is 11.5 Å². The van der Waals surface area contributed by atoms with Gasteiger partial charge < -0.3 is 9.15 Å². The van der Waals surface area contributed by atoms with E-state index in [9.17, 15) is 9.59 Å². The second-order valence-electron chi connectivity index (χ2n) is 3.20. The van der Waals surface area contributed by atoms with E-state index in [1.54, 1.807) is 31.2 Å². The zero-order chi connectivity index (χ0) is 11.5. The summed E-state index contributed by atoms with van der Waals surface area (Å²) in [7, 11) is 0. The van der Waals surface area contributed by atoms with Gasteiger partial charge in [-0.1, -0.05) is 18.2 Å². The van der Waals surface area contributed by atoms with Crippen molar-refractivity contribution in [3.05, 3.63) is 46.3 Å². The van der Waals surface area contributed by atoms with E-state index in [4.69, 9.17) is 9.15 Å². The molecule has 82 valence electrons. The minimum absolute atomic E-state index is 0.244. The molecule has 1 heterocycles. The van der Waals surface area contributed by atoms with Crippen molar-refractivity contribution >= 4 is 16.9 Å². The van der Waals surface area contributed by atoms with Crippen molar-refractivity contribution in [2.45, 2.75) is 6.92 Å². The van der Waals surface area contributed by atoms with Crippen molar-refractivity contribution in [1.82, 2.24) is 0 Å². The topological polar surface area (TPSA) is 56.5 Å². The van der Waals surface area contributed by atoms with Crippen molar-refractivity contribution in [2.75, 3.05) is 6.61 Å². The van der Waals surface area contributed by atoms with Gasteiger partial charge in [0.05, 0.1) is 12.2 Å². The summed E-state index contributed by atoms with van der Waals surface area (Å²) in [6.07, 6.45) is 0. The molecule has 4 nitrogen and oxygen atoms in total. The van der Waals surface area contributed by atoms with Gasteiger partial charge in [-0.3, -0.25) is 0 Å². The van der Waals surface area contributed by atoms with E-state index in [0.29, 0.717) is 11.0 Å². The smallest absolute Gasteiger partial charge is 0.339 e. The predicted molar refractivity (Wildman–Crippen MR) is 58.4 cm³/mol. The molecule has 0 saturated carbocycles. The molecule has 0 bridgehead atoms. The maximum Gasteiger partial charge on any atom is 0.339 e. The molecule has 0 spiro atoms. The zero-order valence-electron chi connectivity index (χ0n) is 8.73. The molecule has 0 aliphatic carbocycles. The Labute approximate surface area is 91.4 Å². The number of esters is 1. The molecule has 0 saturated heterocycles. The molecular formula is C12H10O4. The van der Waals surface area contributed by atoms with Crippen LogP contribution in [-0.2, 0) is 4.74 Å². The average molecular weight is 218 g/mol. The van der Waals surface area contributed by atoms with E-state index >= 15 is 0 Å². The van der Waals surface area contributed by atoms with Crippen LogP contribution in [-0.4, -0.2) is 12.6 Å². The van der Waals surface area contributed by atoms with Gasteiger partial charge in [0.15, 0.2) is 0 Å². The summed E-state index contributed by atoms with van der Waals surface area (Å²) >= 11 is 0. The van der Waals surface area contributed by atoms with Crippen molar-refractivity contribution in [1.29, 1.82) is 0 Å². The Morgan fingerprint density at radius 1 is 1.38 bits per heavy atom. The van der Waals surface area contributed by atoms with Crippen LogP contribution in [0.4, 0.5) is 0 Å². The van der Waals surface area contributed by atoms with Crippen molar-refractivity contribution in [2.24, 2.45) is 0 Å². The number of carbonyl (C=O) groups is 1. The summed E-state index contributed by atoms with van der Waals surface area (Å²) in [6, 6.07) is 8.01. The lowest BCUT2D eigenvalue weighted by Crippen LogP contribution is -2.09. The summed E-state index contributed by atoms with van der Waals surface area (Å²) in [6.45, 7) is 1.99. The molecular weight excluding hydrogens is 208 g/mol. The lowest BCUT2D eigenvalue weighted by Gasteiger charge is -2.03. The van der Waals surface area contributed by atoms with Crippen LogP contribution in [0.3, 0.4) is 0 Å². The normalized spacial score (nSPS) is 10.3. The number of benzene rings is 1. The Kier molecular flexibility index (Phi) is 2.72. The Hall–Kier alpha value is -2.10. The van der Waals surface area contributed by atoms with Crippen LogP contribution >= 0.6 is 0 Å². The van der Waals surface area contributed by atoms with E-state index < -0.39 is 11.6 Å². The monoisotopic (exact) mass is 218 g/mol. The minimum atomic E-state index is -0.554. The SMILES string of the molecule is CCOC(=O)c1cc(=O)oc2ccccc12. The Morgan fingerprint density at radius 2 is 2.12 bits per heavy atom. The van der Waals surface area contributed by atoms with Gasteiger partial charge in [0.2, 0.25) is 0 Å². The first kappa shape index (κ1) is 10.4. The lowest BCUT2D eigenvalue weighted by molar-refractivity contribution is 0.0528. The highest BCUT2D eigenvalue weighted by atomic mass is 16.5. The molecule has 1 aromatic heterocycles. The molecule has 2 rings (SSSR count). The molecule has 0 aliphatic heterocycles. The summed E-state index contributed by atoms with van der Waals surface area (Å²) in [5, 5.41) is 0.584. The van der Waals surface area contributed by atoms with E-state index in [0.717, 1.165) is 6.07 Å². The highest BCUT2D eigenvalue weighted by Gasteiger charge is 2.13. The van der Waals surface area contributed by atoms with Crippen molar-refractivity contribution in [3.8, 4) is 0 Å². The Bertz CT molecular complexity index is 583. The van der Waals surface area contributed by atoms with Crippen LogP contribution in [0.25, 0.3) is 11.0 Å². The van der Waals surface area contributed by atoms with Gasteiger partial charge in [0.25, 0.3) is 0 Å². The van der Waals surface area contributed by atoms with Crippen molar-refractivity contribution < 1.29 is 13.9 Å². The highest BCUT2D eigenvalue weighted by Crippen LogP contribution is 2.17. The van der Waals surface area contributed by atoms with Gasteiger partial charge in [0.1, 0.15) is 5.58 Å². The first-order valence-electron chi connectivity index (χ1n) is 4.92. The largest absolute Gasteiger partial charge is 0.462 e.